The van der Waals surface area contributed by atoms with E-state index in [-0.39, 0.29) is 24.5 Å². The zero-order valence-electron chi connectivity index (χ0n) is 8.94. The minimum absolute atomic E-state index is 0.0419. The molecular weight excluding hydrogens is 208 g/mol. The molecule has 16 heavy (non-hydrogen) atoms. The molecule has 0 aliphatic heterocycles. The molecule has 0 saturated heterocycles. The lowest BCUT2D eigenvalue weighted by atomic mass is 10.1. The third-order valence-electron chi connectivity index (χ3n) is 3.11. The summed E-state index contributed by atoms with van der Waals surface area (Å²) in [5.74, 6) is -0.0894. The summed E-state index contributed by atoms with van der Waals surface area (Å²) in [6.45, 7) is 0.114. The first-order chi connectivity index (χ1) is 7.72. The van der Waals surface area contributed by atoms with E-state index in [9.17, 15) is 4.79 Å². The summed E-state index contributed by atoms with van der Waals surface area (Å²) in [6.07, 6.45) is 4.31. The Morgan fingerprint density at radius 1 is 1.69 bits per heavy atom. The van der Waals surface area contributed by atoms with Crippen LogP contribution in [0.15, 0.2) is 6.20 Å². The van der Waals surface area contributed by atoms with Gasteiger partial charge in [-0.2, -0.15) is 5.10 Å². The molecule has 2 rings (SSSR count). The van der Waals surface area contributed by atoms with Crippen molar-refractivity contribution in [2.45, 2.75) is 25.3 Å². The second-order valence-corrected chi connectivity index (χ2v) is 4.15. The fourth-order valence-electron chi connectivity index (χ4n) is 2.16. The number of aromatic amines is 1. The van der Waals surface area contributed by atoms with E-state index in [0.29, 0.717) is 11.4 Å². The number of aliphatic hydroxyl groups is 1. The summed E-state index contributed by atoms with van der Waals surface area (Å²) in [7, 11) is 0. The number of nitrogens with one attached hydrogen (secondary N) is 2. The Hall–Kier alpha value is -1.56. The summed E-state index contributed by atoms with van der Waals surface area (Å²) < 4.78 is 0. The Morgan fingerprint density at radius 2 is 2.50 bits per heavy atom. The van der Waals surface area contributed by atoms with Gasteiger partial charge in [0.25, 0.3) is 5.91 Å². The summed E-state index contributed by atoms with van der Waals surface area (Å²) in [6, 6.07) is 0.0419. The van der Waals surface area contributed by atoms with Gasteiger partial charge in [-0.15, -0.1) is 0 Å². The van der Waals surface area contributed by atoms with Crippen molar-refractivity contribution in [1.29, 1.82) is 0 Å². The molecule has 6 heteroatoms. The second-order valence-electron chi connectivity index (χ2n) is 4.15. The number of H-pyrrole nitrogens is 1. The highest BCUT2D eigenvalue weighted by Gasteiger charge is 2.28. The number of hydrogen-bond acceptors (Lipinski definition) is 4. The first-order valence-electron chi connectivity index (χ1n) is 5.43. The maximum atomic E-state index is 11.8. The van der Waals surface area contributed by atoms with Crippen molar-refractivity contribution < 1.29 is 9.90 Å². The smallest absolute Gasteiger partial charge is 0.271 e. The lowest BCUT2D eigenvalue weighted by molar-refractivity contribution is 0.0912. The molecule has 1 saturated carbocycles. The molecule has 0 bridgehead atoms. The average molecular weight is 224 g/mol. The predicted molar refractivity (Wildman–Crippen MR) is 58.7 cm³/mol. The van der Waals surface area contributed by atoms with Gasteiger partial charge >= 0.3 is 0 Å². The number of aromatic nitrogens is 2. The van der Waals surface area contributed by atoms with Crippen LogP contribution < -0.4 is 11.1 Å². The number of nitrogens with zero attached hydrogens (tertiary/aromatic N) is 1. The molecule has 2 unspecified atom stereocenters. The van der Waals surface area contributed by atoms with Crippen LogP contribution in [-0.4, -0.2) is 33.9 Å². The van der Waals surface area contributed by atoms with Crippen LogP contribution in [-0.2, 0) is 0 Å². The Morgan fingerprint density at radius 3 is 3.12 bits per heavy atom. The number of anilines is 1. The molecule has 1 aliphatic carbocycles. The SMILES string of the molecule is Nc1cn[nH]c1C(=O)NC1CCCC1CO. The van der Waals surface area contributed by atoms with Crippen LogP contribution in [0.1, 0.15) is 29.8 Å². The Kier molecular flexibility index (Phi) is 3.09. The van der Waals surface area contributed by atoms with Crippen molar-refractivity contribution in [2.24, 2.45) is 5.92 Å². The molecule has 1 fully saturated rings. The Bertz CT molecular complexity index is 377. The summed E-state index contributed by atoms with van der Waals surface area (Å²) in [4.78, 5) is 11.8. The van der Waals surface area contributed by atoms with Gasteiger partial charge in [-0.3, -0.25) is 9.89 Å². The minimum atomic E-state index is -0.250. The van der Waals surface area contributed by atoms with Crippen molar-refractivity contribution in [3.05, 3.63) is 11.9 Å². The third kappa shape index (κ3) is 2.01. The van der Waals surface area contributed by atoms with Gasteiger partial charge in [0.05, 0.1) is 11.9 Å². The van der Waals surface area contributed by atoms with E-state index in [2.05, 4.69) is 15.5 Å². The van der Waals surface area contributed by atoms with Crippen molar-refractivity contribution in [1.82, 2.24) is 15.5 Å². The van der Waals surface area contributed by atoms with Gasteiger partial charge in [0.2, 0.25) is 0 Å². The fraction of sp³-hybridized carbons (Fsp3) is 0.600. The largest absolute Gasteiger partial charge is 0.396 e. The van der Waals surface area contributed by atoms with Crippen LogP contribution >= 0.6 is 0 Å². The van der Waals surface area contributed by atoms with E-state index in [1.54, 1.807) is 0 Å². The van der Waals surface area contributed by atoms with Gasteiger partial charge in [0.15, 0.2) is 0 Å². The first-order valence-corrected chi connectivity index (χ1v) is 5.43. The summed E-state index contributed by atoms with van der Waals surface area (Å²) >= 11 is 0. The maximum absolute atomic E-state index is 11.8. The minimum Gasteiger partial charge on any atom is -0.396 e. The van der Waals surface area contributed by atoms with Crippen LogP contribution in [0.4, 0.5) is 5.69 Å². The van der Waals surface area contributed by atoms with Gasteiger partial charge in [0.1, 0.15) is 5.69 Å². The third-order valence-corrected chi connectivity index (χ3v) is 3.11. The number of carbonyl (C=O) groups is 1. The Balaban J connectivity index is 2.00. The van der Waals surface area contributed by atoms with Gasteiger partial charge in [0, 0.05) is 18.6 Å². The van der Waals surface area contributed by atoms with E-state index in [0.717, 1.165) is 19.3 Å². The number of carbonyl (C=O) groups excluding carboxylic acids is 1. The second kappa shape index (κ2) is 4.52. The molecule has 1 aliphatic rings. The first kappa shape index (κ1) is 10.9. The van der Waals surface area contributed by atoms with Crippen LogP contribution in [0, 0.1) is 5.92 Å². The van der Waals surface area contributed by atoms with Crippen molar-refractivity contribution in [3.63, 3.8) is 0 Å². The van der Waals surface area contributed by atoms with Crippen molar-refractivity contribution in [2.75, 3.05) is 12.3 Å². The lowest BCUT2D eigenvalue weighted by Gasteiger charge is -2.18. The number of hydrogen-bond donors (Lipinski definition) is 4. The van der Waals surface area contributed by atoms with Crippen LogP contribution in [0.5, 0.6) is 0 Å². The zero-order valence-corrected chi connectivity index (χ0v) is 8.94. The number of nitrogen functional groups attached to an aromatic ring is 1. The van der Waals surface area contributed by atoms with Crippen LogP contribution in [0.25, 0.3) is 0 Å². The topological polar surface area (TPSA) is 104 Å². The molecule has 0 spiro atoms. The van der Waals surface area contributed by atoms with E-state index >= 15 is 0 Å². The monoisotopic (exact) mass is 224 g/mol. The molecule has 1 heterocycles. The maximum Gasteiger partial charge on any atom is 0.271 e. The van der Waals surface area contributed by atoms with Gasteiger partial charge in [-0.25, -0.2) is 0 Å². The highest BCUT2D eigenvalue weighted by atomic mass is 16.3. The predicted octanol–water partition coefficient (Wildman–Crippen LogP) is -0.117. The van der Waals surface area contributed by atoms with E-state index < -0.39 is 0 Å². The molecule has 1 aromatic heterocycles. The number of rotatable bonds is 3. The molecule has 6 nitrogen and oxygen atoms in total. The Labute approximate surface area is 93.2 Å². The van der Waals surface area contributed by atoms with E-state index in [4.69, 9.17) is 10.8 Å². The average Bonchev–Trinajstić information content (AvgIpc) is 2.86. The molecule has 5 N–H and O–H groups in total. The van der Waals surface area contributed by atoms with E-state index in [1.165, 1.54) is 6.20 Å². The normalized spacial score (nSPS) is 24.6. The standard InChI is InChI=1S/C10H16N4O2/c11-7-4-12-14-9(7)10(16)13-8-3-1-2-6(8)5-15/h4,6,8,15H,1-3,5,11H2,(H,12,14)(H,13,16). The van der Waals surface area contributed by atoms with Crippen molar-refractivity contribution in [3.8, 4) is 0 Å². The number of aliphatic hydroxyl groups excluding tert-OH is 1. The molecule has 1 amide bonds. The van der Waals surface area contributed by atoms with Gasteiger partial charge in [-0.05, 0) is 12.8 Å². The van der Waals surface area contributed by atoms with E-state index in [1.807, 2.05) is 0 Å². The zero-order chi connectivity index (χ0) is 11.5. The van der Waals surface area contributed by atoms with Crippen LogP contribution in [0.3, 0.4) is 0 Å². The molecule has 1 aromatic rings. The van der Waals surface area contributed by atoms with Gasteiger partial charge < -0.3 is 16.2 Å². The van der Waals surface area contributed by atoms with Crippen LogP contribution in [0.2, 0.25) is 0 Å². The highest BCUT2D eigenvalue weighted by molar-refractivity contribution is 5.97. The molecule has 0 radical (unpaired) electrons. The molecular formula is C10H16N4O2. The number of amides is 1. The summed E-state index contributed by atoms with van der Waals surface area (Å²) in [5.41, 5.74) is 6.22. The number of nitrogens with two attached hydrogens (primary N) is 1. The summed E-state index contributed by atoms with van der Waals surface area (Å²) in [5, 5.41) is 18.3. The quantitative estimate of drug-likeness (QED) is 0.574. The fourth-order valence-corrected chi connectivity index (χ4v) is 2.16. The highest BCUT2D eigenvalue weighted by Crippen LogP contribution is 2.25. The lowest BCUT2D eigenvalue weighted by Crippen LogP contribution is -2.38. The van der Waals surface area contributed by atoms with Gasteiger partial charge in [-0.1, -0.05) is 6.42 Å². The molecule has 88 valence electrons. The molecule has 0 aromatic carbocycles. The van der Waals surface area contributed by atoms with Crippen molar-refractivity contribution >= 4 is 11.6 Å². The molecule has 2 atom stereocenters.